The molecule has 0 spiro atoms. The lowest BCUT2D eigenvalue weighted by atomic mass is 9.91. The zero-order chi connectivity index (χ0) is 26.6. The zero-order valence-corrected chi connectivity index (χ0v) is 22.4. The Labute approximate surface area is 237 Å². The van der Waals surface area contributed by atoms with Crippen LogP contribution in [-0.4, -0.2) is 0 Å². The van der Waals surface area contributed by atoms with Gasteiger partial charge in [-0.2, -0.15) is 0 Å². The van der Waals surface area contributed by atoms with Crippen molar-refractivity contribution < 1.29 is 0 Å². The summed E-state index contributed by atoms with van der Waals surface area (Å²) in [5.74, 6) is 0. The third-order valence-electron chi connectivity index (χ3n) is 11.1. The van der Waals surface area contributed by atoms with Crippen LogP contribution in [0.25, 0.3) is 129 Å². The molecule has 0 nitrogen and oxygen atoms in total. The highest BCUT2D eigenvalue weighted by molar-refractivity contribution is 6.60. The van der Waals surface area contributed by atoms with Crippen molar-refractivity contribution in [2.45, 2.75) is 0 Å². The van der Waals surface area contributed by atoms with Gasteiger partial charge in [-0.1, -0.05) is 72.8 Å². The van der Waals surface area contributed by atoms with Gasteiger partial charge in [-0.3, -0.25) is 0 Å². The molecule has 186 valence electrons. The molecule has 0 heterocycles. The molecule has 0 atom stereocenters. The molecule has 0 fully saturated rings. The molecule has 13 rings (SSSR count). The van der Waals surface area contributed by atoms with Crippen molar-refractivity contribution in [2.75, 3.05) is 0 Å². The molecule has 0 N–H and O–H groups in total. The molecule has 0 aliphatic heterocycles. The van der Waals surface area contributed by atoms with Gasteiger partial charge in [-0.15, -0.1) is 0 Å². The number of benzene rings is 10. The first-order valence-electron chi connectivity index (χ1n) is 14.9. The summed E-state index contributed by atoms with van der Waals surface area (Å²) in [6.45, 7) is 0. The molecule has 0 aromatic heterocycles. The maximum Gasteiger partial charge on any atom is -0.0000907 e. The summed E-state index contributed by atoms with van der Waals surface area (Å²) < 4.78 is 0. The average Bonchev–Trinajstić information content (AvgIpc) is 3.66. The standard InChI is InChI=1S/C42H18/c1-4-10-22-19(7-1)13-25-31-17-29-23-11-5-2-9-21(23)15-27-33-18-30-24-12-6-3-8-20(24)14-26-32-16-28(22)34(25)40-37(31)41(36(27)29)39(33)42(35(26)30)38(32)40/h1-18H. The van der Waals surface area contributed by atoms with Crippen LogP contribution >= 0.6 is 0 Å². The topological polar surface area (TPSA) is 0 Å². The second-order valence-corrected chi connectivity index (χ2v) is 12.7. The van der Waals surface area contributed by atoms with Gasteiger partial charge in [-0.25, -0.2) is 0 Å². The molecule has 13 aromatic rings. The minimum atomic E-state index is 1.33. The fourth-order valence-electron chi connectivity index (χ4n) is 9.62. The fraction of sp³-hybridized carbons (Fsp3) is 0. The van der Waals surface area contributed by atoms with E-state index in [-0.39, 0.29) is 0 Å². The van der Waals surface area contributed by atoms with Crippen molar-refractivity contribution in [3.05, 3.63) is 109 Å². The molecule has 0 bridgehead atoms. The second kappa shape index (κ2) is 5.93. The molecular formula is C42H18. The Morgan fingerprint density at radius 1 is 0.190 bits per heavy atom. The van der Waals surface area contributed by atoms with Crippen LogP contribution in [0.1, 0.15) is 0 Å². The molecule has 0 heteroatoms. The number of hydrogen-bond acceptors (Lipinski definition) is 0. The van der Waals surface area contributed by atoms with Gasteiger partial charge in [0.25, 0.3) is 0 Å². The van der Waals surface area contributed by atoms with Gasteiger partial charge in [0.1, 0.15) is 0 Å². The smallest absolute Gasteiger partial charge is 0.0000907 e. The van der Waals surface area contributed by atoms with Crippen molar-refractivity contribution in [1.82, 2.24) is 0 Å². The van der Waals surface area contributed by atoms with Crippen LogP contribution in [0, 0.1) is 0 Å². The summed E-state index contributed by atoms with van der Waals surface area (Å²) in [6.07, 6.45) is 0. The quantitative estimate of drug-likeness (QED) is 0.174. The first-order chi connectivity index (χ1) is 20.8. The van der Waals surface area contributed by atoms with Crippen LogP contribution in [0.5, 0.6) is 0 Å². The Kier molecular flexibility index (Phi) is 2.77. The van der Waals surface area contributed by atoms with Gasteiger partial charge >= 0.3 is 0 Å². The van der Waals surface area contributed by atoms with Gasteiger partial charge < -0.3 is 0 Å². The first kappa shape index (κ1) is 19.6. The highest BCUT2D eigenvalue weighted by Crippen LogP contribution is 2.60. The van der Waals surface area contributed by atoms with Crippen LogP contribution < -0.4 is 0 Å². The molecular weight excluding hydrogens is 504 g/mol. The molecule has 0 radical (unpaired) electrons. The lowest BCUT2D eigenvalue weighted by Gasteiger charge is -2.11. The fourth-order valence-corrected chi connectivity index (χ4v) is 9.62. The van der Waals surface area contributed by atoms with Gasteiger partial charge in [0.2, 0.25) is 0 Å². The summed E-state index contributed by atoms with van der Waals surface area (Å²) in [7, 11) is 0. The van der Waals surface area contributed by atoms with Crippen LogP contribution in [0.2, 0.25) is 0 Å². The van der Waals surface area contributed by atoms with Gasteiger partial charge in [0.15, 0.2) is 0 Å². The Balaban J connectivity index is 1.54. The van der Waals surface area contributed by atoms with Crippen LogP contribution in [0.15, 0.2) is 109 Å². The van der Waals surface area contributed by atoms with E-state index < -0.39 is 0 Å². The van der Waals surface area contributed by atoms with Crippen molar-refractivity contribution in [2.24, 2.45) is 0 Å². The monoisotopic (exact) mass is 522 g/mol. The van der Waals surface area contributed by atoms with E-state index in [1.165, 1.54) is 129 Å². The highest BCUT2D eigenvalue weighted by atomic mass is 14.3. The molecule has 0 aliphatic rings. The van der Waals surface area contributed by atoms with Crippen molar-refractivity contribution in [1.29, 1.82) is 0 Å². The van der Waals surface area contributed by atoms with Gasteiger partial charge in [0, 0.05) is 0 Å². The van der Waals surface area contributed by atoms with Crippen LogP contribution in [0.4, 0.5) is 0 Å². The molecule has 13 aromatic carbocycles. The predicted molar refractivity (Wildman–Crippen MR) is 184 cm³/mol. The lowest BCUT2D eigenvalue weighted by Crippen LogP contribution is -1.82. The molecule has 0 saturated carbocycles. The highest BCUT2D eigenvalue weighted by Gasteiger charge is 2.31. The van der Waals surface area contributed by atoms with Crippen molar-refractivity contribution in [3.63, 3.8) is 0 Å². The van der Waals surface area contributed by atoms with Crippen molar-refractivity contribution in [3.8, 4) is 0 Å². The minimum absolute atomic E-state index is 1.33. The normalized spacial score (nSPS) is 13.7. The predicted octanol–water partition coefficient (Wildman–Crippen LogP) is 12.2. The Bertz CT molecular complexity index is 2880. The average molecular weight is 523 g/mol. The largest absolute Gasteiger partial charge is 0.0616 e. The molecule has 0 aliphatic carbocycles. The van der Waals surface area contributed by atoms with Gasteiger partial charge in [-0.05, 0) is 166 Å². The van der Waals surface area contributed by atoms with E-state index in [9.17, 15) is 0 Å². The maximum absolute atomic E-state index is 2.54. The summed E-state index contributed by atoms with van der Waals surface area (Å²) in [4.78, 5) is 0. The van der Waals surface area contributed by atoms with Crippen molar-refractivity contribution >= 4 is 129 Å². The summed E-state index contributed by atoms with van der Waals surface area (Å²) in [5, 5.41) is 34.0. The van der Waals surface area contributed by atoms with Gasteiger partial charge in [0.05, 0.1) is 0 Å². The van der Waals surface area contributed by atoms with Crippen LogP contribution in [-0.2, 0) is 0 Å². The SMILES string of the molecule is c1ccc2c(c1)cc1c3cc4c5ccccc5cc5c6cc7c8ccccc8cc8c9cc2c1c1c3c(c45)c6c(c78)c91. The lowest BCUT2D eigenvalue weighted by molar-refractivity contribution is 1.82. The van der Waals surface area contributed by atoms with E-state index in [1.807, 2.05) is 0 Å². The third kappa shape index (κ3) is 1.78. The number of rotatable bonds is 0. The van der Waals surface area contributed by atoms with E-state index in [2.05, 4.69) is 109 Å². The second-order valence-electron chi connectivity index (χ2n) is 12.7. The summed E-state index contributed by atoms with van der Waals surface area (Å²) in [6, 6.07) is 42.0. The van der Waals surface area contributed by atoms with E-state index in [0.717, 1.165) is 0 Å². The zero-order valence-electron chi connectivity index (χ0n) is 22.4. The number of fused-ring (bicyclic) bond motifs is 9. The van der Waals surface area contributed by atoms with Crippen LogP contribution in [0.3, 0.4) is 0 Å². The summed E-state index contributed by atoms with van der Waals surface area (Å²) >= 11 is 0. The molecule has 42 heavy (non-hydrogen) atoms. The van der Waals surface area contributed by atoms with E-state index in [0.29, 0.717) is 0 Å². The first-order valence-corrected chi connectivity index (χ1v) is 14.9. The third-order valence-corrected chi connectivity index (χ3v) is 11.1. The molecule has 0 unspecified atom stereocenters. The number of hydrogen-bond donors (Lipinski definition) is 0. The minimum Gasteiger partial charge on any atom is -0.0616 e. The van der Waals surface area contributed by atoms with E-state index in [1.54, 1.807) is 0 Å². The van der Waals surface area contributed by atoms with E-state index in [4.69, 9.17) is 0 Å². The summed E-state index contributed by atoms with van der Waals surface area (Å²) in [5.41, 5.74) is 0. The maximum atomic E-state index is 2.54. The molecule has 0 amide bonds. The molecule has 0 saturated heterocycles. The Morgan fingerprint density at radius 3 is 0.786 bits per heavy atom. The Morgan fingerprint density at radius 2 is 0.452 bits per heavy atom. The Hall–Kier alpha value is -5.46. The van der Waals surface area contributed by atoms with E-state index >= 15 is 0 Å².